The van der Waals surface area contributed by atoms with Crippen molar-refractivity contribution in [1.29, 1.82) is 0 Å². The molecule has 0 radical (unpaired) electrons. The smallest absolute Gasteiger partial charge is 0.240 e. The van der Waals surface area contributed by atoms with Gasteiger partial charge in [-0.3, -0.25) is 4.90 Å². The minimum absolute atomic E-state index is 0.227. The summed E-state index contributed by atoms with van der Waals surface area (Å²) >= 11 is 7.60. The van der Waals surface area contributed by atoms with Crippen molar-refractivity contribution >= 4 is 33.0 Å². The highest BCUT2D eigenvalue weighted by molar-refractivity contribution is 7.89. The summed E-state index contributed by atoms with van der Waals surface area (Å²) in [5.41, 5.74) is 1.36. The molecule has 1 aromatic heterocycles. The highest BCUT2D eigenvalue weighted by Crippen LogP contribution is 2.20. The number of rotatable bonds is 6. The molecule has 2 heterocycles. The maximum absolute atomic E-state index is 12.3. The van der Waals surface area contributed by atoms with Crippen LogP contribution in [0.4, 0.5) is 0 Å². The number of hydrogen-bond acceptors (Lipinski definition) is 4. The van der Waals surface area contributed by atoms with Crippen molar-refractivity contribution in [3.05, 3.63) is 51.7 Å². The van der Waals surface area contributed by atoms with Crippen molar-refractivity contribution in [2.75, 3.05) is 19.6 Å². The molecule has 130 valence electrons. The van der Waals surface area contributed by atoms with Gasteiger partial charge in [-0.2, -0.15) is 11.3 Å². The highest BCUT2D eigenvalue weighted by Gasteiger charge is 2.22. The van der Waals surface area contributed by atoms with Gasteiger partial charge in [0.05, 0.1) is 4.90 Å². The van der Waals surface area contributed by atoms with Crippen LogP contribution in [0, 0.1) is 5.92 Å². The number of nitrogens with zero attached hydrogens (tertiary/aromatic N) is 1. The van der Waals surface area contributed by atoms with E-state index in [4.69, 9.17) is 11.6 Å². The largest absolute Gasteiger partial charge is 0.299 e. The summed E-state index contributed by atoms with van der Waals surface area (Å²) in [6.45, 7) is 3.50. The molecule has 1 N–H and O–H groups in total. The zero-order valence-electron chi connectivity index (χ0n) is 13.3. The first-order chi connectivity index (χ1) is 11.5. The van der Waals surface area contributed by atoms with Crippen molar-refractivity contribution in [2.24, 2.45) is 5.92 Å². The number of sulfonamides is 1. The quantitative estimate of drug-likeness (QED) is 0.827. The van der Waals surface area contributed by atoms with Crippen LogP contribution in [0.25, 0.3) is 0 Å². The number of hydrogen-bond donors (Lipinski definition) is 1. The molecule has 0 atom stereocenters. The molecular weight excluding hydrogens is 364 g/mol. The van der Waals surface area contributed by atoms with Crippen molar-refractivity contribution in [3.63, 3.8) is 0 Å². The number of halogens is 1. The second-order valence-electron chi connectivity index (χ2n) is 6.16. The Labute approximate surface area is 152 Å². The number of benzene rings is 1. The molecule has 1 fully saturated rings. The Kier molecular flexibility index (Phi) is 5.94. The van der Waals surface area contributed by atoms with E-state index in [-0.39, 0.29) is 4.90 Å². The lowest BCUT2D eigenvalue weighted by molar-refractivity contribution is 0.179. The van der Waals surface area contributed by atoms with Crippen LogP contribution < -0.4 is 4.72 Å². The average molecular weight is 385 g/mol. The molecule has 1 aromatic carbocycles. The lowest BCUT2D eigenvalue weighted by Gasteiger charge is -2.31. The van der Waals surface area contributed by atoms with Crippen LogP contribution in [0.3, 0.4) is 0 Å². The molecule has 1 aliphatic heterocycles. The van der Waals surface area contributed by atoms with Crippen LogP contribution in [-0.4, -0.2) is 33.0 Å². The predicted octanol–water partition coefficient (Wildman–Crippen LogP) is 3.59. The normalized spacial score (nSPS) is 17.2. The van der Waals surface area contributed by atoms with Gasteiger partial charge >= 0.3 is 0 Å². The van der Waals surface area contributed by atoms with Crippen molar-refractivity contribution in [1.82, 2.24) is 9.62 Å². The van der Waals surface area contributed by atoms with E-state index in [1.165, 1.54) is 11.6 Å². The van der Waals surface area contributed by atoms with Gasteiger partial charge in [-0.25, -0.2) is 13.1 Å². The Balaban J connectivity index is 1.48. The first-order valence-corrected chi connectivity index (χ1v) is 10.8. The second kappa shape index (κ2) is 7.97. The van der Waals surface area contributed by atoms with Gasteiger partial charge in [0, 0.05) is 18.1 Å². The van der Waals surface area contributed by atoms with E-state index in [0.717, 1.165) is 32.5 Å². The summed E-state index contributed by atoms with van der Waals surface area (Å²) < 4.78 is 27.4. The van der Waals surface area contributed by atoms with E-state index in [0.29, 0.717) is 17.5 Å². The number of likely N-dealkylation sites (tertiary alicyclic amines) is 1. The zero-order valence-corrected chi connectivity index (χ0v) is 15.7. The van der Waals surface area contributed by atoms with E-state index in [2.05, 4.69) is 26.4 Å². The molecule has 0 aliphatic carbocycles. The second-order valence-corrected chi connectivity index (χ2v) is 9.14. The van der Waals surface area contributed by atoms with Crippen LogP contribution in [0.2, 0.25) is 5.02 Å². The summed E-state index contributed by atoms with van der Waals surface area (Å²) in [6.07, 6.45) is 2.03. The number of piperidine rings is 1. The molecule has 0 saturated carbocycles. The minimum Gasteiger partial charge on any atom is -0.299 e. The third-order valence-electron chi connectivity index (χ3n) is 4.36. The molecule has 0 amide bonds. The fourth-order valence-corrected chi connectivity index (χ4v) is 5.01. The molecule has 0 bridgehead atoms. The first-order valence-electron chi connectivity index (χ1n) is 8.01. The molecule has 1 aliphatic rings. The first kappa shape index (κ1) is 17.9. The van der Waals surface area contributed by atoms with Crippen LogP contribution in [0.1, 0.15) is 18.4 Å². The van der Waals surface area contributed by atoms with Gasteiger partial charge in [-0.05, 0) is 72.4 Å². The van der Waals surface area contributed by atoms with Gasteiger partial charge in [0.25, 0.3) is 0 Å². The van der Waals surface area contributed by atoms with E-state index in [1.807, 2.05) is 0 Å². The standard InChI is InChI=1S/C17H21ClN2O2S2/c18-16-2-1-3-17(10-16)24(21,22)19-11-14-4-7-20(8-5-14)12-15-6-9-23-13-15/h1-3,6,9-10,13-14,19H,4-5,7-8,11-12H2. The third kappa shape index (κ3) is 4.80. The maximum Gasteiger partial charge on any atom is 0.240 e. The van der Waals surface area contributed by atoms with E-state index in [9.17, 15) is 8.42 Å². The van der Waals surface area contributed by atoms with Gasteiger partial charge < -0.3 is 0 Å². The number of thiophene rings is 1. The number of nitrogens with one attached hydrogen (secondary N) is 1. The fourth-order valence-electron chi connectivity index (χ4n) is 2.93. The molecule has 0 spiro atoms. The van der Waals surface area contributed by atoms with E-state index < -0.39 is 10.0 Å². The van der Waals surface area contributed by atoms with Crippen molar-refractivity contribution in [3.8, 4) is 0 Å². The van der Waals surface area contributed by atoms with Gasteiger partial charge in [0.2, 0.25) is 10.0 Å². The van der Waals surface area contributed by atoms with Crippen molar-refractivity contribution in [2.45, 2.75) is 24.3 Å². The molecule has 4 nitrogen and oxygen atoms in total. The highest BCUT2D eigenvalue weighted by atomic mass is 35.5. The van der Waals surface area contributed by atoms with Crippen LogP contribution in [-0.2, 0) is 16.6 Å². The Morgan fingerprint density at radius 2 is 2.04 bits per heavy atom. The SMILES string of the molecule is O=S(=O)(NCC1CCN(Cc2ccsc2)CC1)c1cccc(Cl)c1. The van der Waals surface area contributed by atoms with E-state index >= 15 is 0 Å². The van der Waals surface area contributed by atoms with Gasteiger partial charge in [-0.1, -0.05) is 17.7 Å². The maximum atomic E-state index is 12.3. The van der Waals surface area contributed by atoms with Crippen LogP contribution in [0.5, 0.6) is 0 Å². The third-order valence-corrected chi connectivity index (χ3v) is 6.75. The fraction of sp³-hybridized carbons (Fsp3) is 0.412. The molecule has 2 aromatic rings. The summed E-state index contributed by atoms with van der Waals surface area (Å²) in [5.74, 6) is 0.387. The molecule has 24 heavy (non-hydrogen) atoms. The topological polar surface area (TPSA) is 49.4 Å². The molecule has 0 unspecified atom stereocenters. The Morgan fingerprint density at radius 1 is 1.25 bits per heavy atom. The average Bonchev–Trinajstić information content (AvgIpc) is 3.07. The zero-order chi connectivity index (χ0) is 17.0. The van der Waals surface area contributed by atoms with Gasteiger partial charge in [0.1, 0.15) is 0 Å². The molecule has 7 heteroatoms. The summed E-state index contributed by atoms with van der Waals surface area (Å²) in [4.78, 5) is 2.66. The Bertz CT molecular complexity index is 755. The predicted molar refractivity (Wildman–Crippen MR) is 99.0 cm³/mol. The molecular formula is C17H21ClN2O2S2. The van der Waals surface area contributed by atoms with Gasteiger partial charge in [0.15, 0.2) is 0 Å². The molecule has 1 saturated heterocycles. The lowest BCUT2D eigenvalue weighted by atomic mass is 9.97. The summed E-state index contributed by atoms with van der Waals surface area (Å²) in [5, 5.41) is 4.72. The summed E-state index contributed by atoms with van der Waals surface area (Å²) in [7, 11) is -3.48. The monoisotopic (exact) mass is 384 g/mol. The molecule has 3 rings (SSSR count). The lowest BCUT2D eigenvalue weighted by Crippen LogP contribution is -2.38. The van der Waals surface area contributed by atoms with Crippen LogP contribution >= 0.6 is 22.9 Å². The Hall–Kier alpha value is -0.920. The van der Waals surface area contributed by atoms with Gasteiger partial charge in [-0.15, -0.1) is 0 Å². The summed E-state index contributed by atoms with van der Waals surface area (Å²) in [6, 6.07) is 8.53. The minimum atomic E-state index is -3.48. The van der Waals surface area contributed by atoms with Crippen LogP contribution in [0.15, 0.2) is 46.0 Å². The van der Waals surface area contributed by atoms with E-state index in [1.54, 1.807) is 29.5 Å². The van der Waals surface area contributed by atoms with Crippen molar-refractivity contribution < 1.29 is 8.42 Å². The Morgan fingerprint density at radius 3 is 2.71 bits per heavy atom.